The van der Waals surface area contributed by atoms with E-state index in [0.29, 0.717) is 48.5 Å². The second-order valence-corrected chi connectivity index (χ2v) is 7.69. The zero-order valence-corrected chi connectivity index (χ0v) is 15.8. The van der Waals surface area contributed by atoms with Gasteiger partial charge in [0, 0.05) is 50.1 Å². The van der Waals surface area contributed by atoms with Crippen molar-refractivity contribution in [1.82, 2.24) is 19.4 Å². The van der Waals surface area contributed by atoms with E-state index >= 15 is 0 Å². The zero-order chi connectivity index (χ0) is 19.0. The maximum Gasteiger partial charge on any atom is 0.289 e. The quantitative estimate of drug-likeness (QED) is 0.734. The number of fused-ring (bicyclic) bond motifs is 1. The Labute approximate surface area is 160 Å². The molecule has 27 heavy (non-hydrogen) atoms. The second kappa shape index (κ2) is 7.22. The van der Waals surface area contributed by atoms with Crippen LogP contribution in [0.1, 0.15) is 28.7 Å². The number of hydrogen-bond donors (Lipinski definition) is 0. The van der Waals surface area contributed by atoms with Crippen molar-refractivity contribution in [2.24, 2.45) is 0 Å². The molecule has 0 aliphatic carbocycles. The van der Waals surface area contributed by atoms with E-state index in [-0.39, 0.29) is 29.8 Å². The molecular formula is C18H20N4O4S. The molecule has 2 aliphatic rings. The monoisotopic (exact) mass is 388 g/mol. The van der Waals surface area contributed by atoms with Gasteiger partial charge in [-0.05, 0) is 19.1 Å². The van der Waals surface area contributed by atoms with Gasteiger partial charge in [-0.2, -0.15) is 0 Å². The largest absolute Gasteiger partial charge is 0.459 e. The van der Waals surface area contributed by atoms with Crippen molar-refractivity contribution in [2.75, 3.05) is 31.9 Å². The van der Waals surface area contributed by atoms with Gasteiger partial charge in [-0.3, -0.25) is 19.0 Å². The van der Waals surface area contributed by atoms with Gasteiger partial charge < -0.3 is 14.2 Å². The standard InChI is InChI=1S/C18H20N4O4S/c1-12-9-16(24)22-13(11-27-18(22)19-12)10-15(23)20-4-6-21(7-5-20)17(25)14-3-2-8-26-14/h2-3,8-9,13H,4-7,10-11H2,1H3. The van der Waals surface area contributed by atoms with Crippen molar-refractivity contribution in [2.45, 2.75) is 24.5 Å². The third-order valence-corrected chi connectivity index (χ3v) is 5.98. The molecule has 0 bridgehead atoms. The molecule has 8 nitrogen and oxygen atoms in total. The second-order valence-electron chi connectivity index (χ2n) is 6.71. The minimum absolute atomic E-state index is 0.00558. The number of hydrogen-bond acceptors (Lipinski definition) is 6. The molecule has 2 amide bonds. The van der Waals surface area contributed by atoms with Gasteiger partial charge in [-0.15, -0.1) is 0 Å². The number of thioether (sulfide) groups is 1. The molecule has 0 saturated carbocycles. The highest BCUT2D eigenvalue weighted by atomic mass is 32.2. The van der Waals surface area contributed by atoms with Crippen molar-refractivity contribution in [1.29, 1.82) is 0 Å². The maximum atomic E-state index is 12.7. The molecule has 1 atom stereocenters. The Kier molecular flexibility index (Phi) is 4.77. The van der Waals surface area contributed by atoms with E-state index in [4.69, 9.17) is 4.42 Å². The average Bonchev–Trinajstić information content (AvgIpc) is 3.31. The Balaban J connectivity index is 1.36. The molecular weight excluding hydrogens is 368 g/mol. The summed E-state index contributed by atoms with van der Waals surface area (Å²) in [6.45, 7) is 3.72. The van der Waals surface area contributed by atoms with Crippen LogP contribution in [-0.2, 0) is 4.79 Å². The van der Waals surface area contributed by atoms with E-state index in [1.54, 1.807) is 33.4 Å². The number of amides is 2. The van der Waals surface area contributed by atoms with Crippen LogP contribution in [0.5, 0.6) is 0 Å². The van der Waals surface area contributed by atoms with Gasteiger partial charge in [0.15, 0.2) is 10.9 Å². The summed E-state index contributed by atoms with van der Waals surface area (Å²) in [6, 6.07) is 4.66. The molecule has 1 saturated heterocycles. The van der Waals surface area contributed by atoms with Crippen LogP contribution in [0.2, 0.25) is 0 Å². The smallest absolute Gasteiger partial charge is 0.289 e. The average molecular weight is 388 g/mol. The molecule has 1 unspecified atom stereocenters. The molecule has 0 spiro atoms. The lowest BCUT2D eigenvalue weighted by molar-refractivity contribution is -0.133. The summed E-state index contributed by atoms with van der Waals surface area (Å²) in [5, 5.41) is 0.687. The Morgan fingerprint density at radius 3 is 2.70 bits per heavy atom. The predicted octanol–water partition coefficient (Wildman–Crippen LogP) is 1.17. The zero-order valence-electron chi connectivity index (χ0n) is 15.0. The molecule has 9 heteroatoms. The fourth-order valence-corrected chi connectivity index (χ4v) is 4.65. The maximum absolute atomic E-state index is 12.7. The summed E-state index contributed by atoms with van der Waals surface area (Å²) in [5.74, 6) is 0.845. The number of rotatable bonds is 3. The summed E-state index contributed by atoms with van der Waals surface area (Å²) in [6.07, 6.45) is 1.75. The van der Waals surface area contributed by atoms with Crippen LogP contribution in [0.15, 0.2) is 38.8 Å². The first kappa shape index (κ1) is 17.8. The van der Waals surface area contributed by atoms with Crippen molar-refractivity contribution in [3.8, 4) is 0 Å². The predicted molar refractivity (Wildman–Crippen MR) is 98.8 cm³/mol. The van der Waals surface area contributed by atoms with Crippen molar-refractivity contribution in [3.05, 3.63) is 46.3 Å². The van der Waals surface area contributed by atoms with Crippen LogP contribution >= 0.6 is 11.8 Å². The number of carbonyl (C=O) groups excluding carboxylic acids is 2. The Bertz CT molecular complexity index is 916. The SMILES string of the molecule is Cc1cc(=O)n2c(n1)SCC2CC(=O)N1CCN(C(=O)c2ccco2)CC1. The van der Waals surface area contributed by atoms with E-state index in [2.05, 4.69) is 4.98 Å². The first-order valence-electron chi connectivity index (χ1n) is 8.86. The molecule has 4 rings (SSSR count). The van der Waals surface area contributed by atoms with Crippen LogP contribution < -0.4 is 5.56 Å². The first-order chi connectivity index (χ1) is 13.0. The van der Waals surface area contributed by atoms with E-state index in [0.717, 1.165) is 0 Å². The highest BCUT2D eigenvalue weighted by Crippen LogP contribution is 2.32. The lowest BCUT2D eigenvalue weighted by Gasteiger charge is -2.34. The molecule has 2 aromatic heterocycles. The van der Waals surface area contributed by atoms with Crippen LogP contribution in [0, 0.1) is 6.92 Å². The molecule has 2 aliphatic heterocycles. The fraction of sp³-hybridized carbons (Fsp3) is 0.444. The Morgan fingerprint density at radius 2 is 2.00 bits per heavy atom. The lowest BCUT2D eigenvalue weighted by Crippen LogP contribution is -2.51. The molecule has 0 radical (unpaired) electrons. The molecule has 4 heterocycles. The first-order valence-corrected chi connectivity index (χ1v) is 9.85. The summed E-state index contributed by atoms with van der Waals surface area (Å²) < 4.78 is 6.78. The van der Waals surface area contributed by atoms with Gasteiger partial charge in [0.05, 0.1) is 12.3 Å². The van der Waals surface area contributed by atoms with Crippen LogP contribution in [0.3, 0.4) is 0 Å². The van der Waals surface area contributed by atoms with Crippen molar-refractivity contribution >= 4 is 23.6 Å². The van der Waals surface area contributed by atoms with Gasteiger partial charge in [0.25, 0.3) is 11.5 Å². The molecule has 1 fully saturated rings. The van der Waals surface area contributed by atoms with Crippen molar-refractivity contribution in [3.63, 3.8) is 0 Å². The highest BCUT2D eigenvalue weighted by Gasteiger charge is 2.31. The number of aryl methyl sites for hydroxylation is 1. The summed E-state index contributed by atoms with van der Waals surface area (Å²) in [7, 11) is 0. The number of carbonyl (C=O) groups is 2. The summed E-state index contributed by atoms with van der Waals surface area (Å²) in [4.78, 5) is 45.1. The lowest BCUT2D eigenvalue weighted by atomic mass is 10.2. The Morgan fingerprint density at radius 1 is 1.26 bits per heavy atom. The number of nitrogens with zero attached hydrogens (tertiary/aromatic N) is 4. The normalized spacial score (nSPS) is 19.2. The number of piperazine rings is 1. The molecule has 0 aromatic carbocycles. The summed E-state index contributed by atoms with van der Waals surface area (Å²) >= 11 is 1.51. The fourth-order valence-electron chi connectivity index (χ4n) is 3.46. The van der Waals surface area contributed by atoms with Gasteiger partial charge >= 0.3 is 0 Å². The highest BCUT2D eigenvalue weighted by molar-refractivity contribution is 7.99. The molecule has 142 valence electrons. The molecule has 0 N–H and O–H groups in total. The third-order valence-electron chi connectivity index (χ3n) is 4.88. The molecule has 2 aromatic rings. The minimum Gasteiger partial charge on any atom is -0.459 e. The number of furan rings is 1. The van der Waals surface area contributed by atoms with Crippen LogP contribution in [0.4, 0.5) is 0 Å². The van der Waals surface area contributed by atoms with Gasteiger partial charge in [-0.1, -0.05) is 11.8 Å². The topological polar surface area (TPSA) is 88.7 Å². The Hall–Kier alpha value is -2.55. The summed E-state index contributed by atoms with van der Waals surface area (Å²) in [5.41, 5.74) is 0.595. The van der Waals surface area contributed by atoms with E-state index in [1.165, 1.54) is 24.1 Å². The van der Waals surface area contributed by atoms with E-state index < -0.39 is 0 Å². The van der Waals surface area contributed by atoms with Crippen molar-refractivity contribution < 1.29 is 14.0 Å². The third kappa shape index (κ3) is 3.51. The van der Waals surface area contributed by atoms with E-state index in [1.807, 2.05) is 0 Å². The van der Waals surface area contributed by atoms with Gasteiger partial charge in [0.1, 0.15) is 0 Å². The van der Waals surface area contributed by atoms with Gasteiger partial charge in [-0.25, -0.2) is 4.98 Å². The van der Waals surface area contributed by atoms with Crippen LogP contribution in [-0.4, -0.2) is 63.1 Å². The van der Waals surface area contributed by atoms with E-state index in [9.17, 15) is 14.4 Å². The van der Waals surface area contributed by atoms with Gasteiger partial charge in [0.2, 0.25) is 5.91 Å². The minimum atomic E-state index is -0.166. The number of aromatic nitrogens is 2. The van der Waals surface area contributed by atoms with Crippen LogP contribution in [0.25, 0.3) is 0 Å².